The lowest BCUT2D eigenvalue weighted by Gasteiger charge is -2.28. The van der Waals surface area contributed by atoms with Crippen molar-refractivity contribution in [2.24, 2.45) is 0 Å². The molecule has 20 nitrogen and oxygen atoms in total. The fourth-order valence-electron chi connectivity index (χ4n) is 5.32. The molecule has 10 atom stereocenters. The molecule has 248 valence electrons. The Balaban J connectivity index is 1.18. The fraction of sp³-hybridized carbons (Fsp3) is 0.500. The van der Waals surface area contributed by atoms with Crippen molar-refractivity contribution in [3.63, 3.8) is 0 Å². The van der Waals surface area contributed by atoms with Crippen LogP contribution in [-0.4, -0.2) is 89.0 Å². The first-order valence-corrected chi connectivity index (χ1v) is 18.5. The molecular weight excluding hydrogens is 704 g/mol. The highest BCUT2D eigenvalue weighted by molar-refractivity contribution is 8.44. The van der Waals surface area contributed by atoms with Crippen molar-refractivity contribution in [3.05, 3.63) is 33.4 Å². The number of aromatic amines is 2. The number of H-pyrrole nitrogens is 2. The Morgan fingerprint density at radius 2 is 1.17 bits per heavy atom. The lowest BCUT2D eigenvalue weighted by Crippen LogP contribution is -2.36. The van der Waals surface area contributed by atoms with Gasteiger partial charge in [0.2, 0.25) is 11.9 Å². The molecule has 3 saturated heterocycles. The maximum Gasteiger partial charge on any atom is 0.386 e. The number of anilines is 2. The number of nitrogens with one attached hydrogen (secondary N) is 2. The highest BCUT2D eigenvalue weighted by Gasteiger charge is 2.54. The monoisotopic (exact) mass is 726 g/mol. The van der Waals surface area contributed by atoms with Crippen molar-refractivity contribution in [1.82, 2.24) is 39.0 Å². The Kier molecular flexibility index (Phi) is 7.82. The Bertz CT molecular complexity index is 1920. The zero-order chi connectivity index (χ0) is 32.7. The number of nitrogens with two attached hydrogens (primary N) is 2. The molecule has 26 heteroatoms. The predicted octanol–water partition coefficient (Wildman–Crippen LogP) is 0.781. The maximum atomic E-state index is 16.0. The van der Waals surface area contributed by atoms with Gasteiger partial charge in [-0.15, -0.1) is 0 Å². The predicted molar refractivity (Wildman–Crippen MR) is 158 cm³/mol. The number of nitrogen functional groups attached to an aromatic ring is 2. The van der Waals surface area contributed by atoms with E-state index in [4.69, 9.17) is 39.0 Å². The molecule has 0 spiro atoms. The van der Waals surface area contributed by atoms with Crippen LogP contribution in [0.15, 0.2) is 22.2 Å². The normalized spacial score (nSPS) is 37.1. The van der Waals surface area contributed by atoms with Crippen LogP contribution in [0, 0.1) is 0 Å². The van der Waals surface area contributed by atoms with Crippen molar-refractivity contribution < 1.29 is 45.5 Å². The molecule has 6 N–H and O–H groups in total. The van der Waals surface area contributed by atoms with Crippen LogP contribution in [0.1, 0.15) is 12.5 Å². The van der Waals surface area contributed by atoms with Crippen LogP contribution in [0.2, 0.25) is 0 Å². The van der Waals surface area contributed by atoms with E-state index in [1.54, 1.807) is 0 Å². The molecule has 0 saturated carbocycles. The van der Waals surface area contributed by atoms with Crippen LogP contribution in [0.4, 0.5) is 20.7 Å². The number of thiol groups is 2. The van der Waals surface area contributed by atoms with Gasteiger partial charge in [-0.05, 0) is 0 Å². The molecule has 3 aliphatic heterocycles. The number of hydrogen-bond donors (Lipinski definition) is 6. The van der Waals surface area contributed by atoms with Crippen LogP contribution in [0.5, 0.6) is 0 Å². The Morgan fingerprint density at radius 3 is 1.57 bits per heavy atom. The van der Waals surface area contributed by atoms with Crippen molar-refractivity contribution >= 4 is 72.3 Å². The molecule has 0 amide bonds. The number of fused-ring (bicyclic) bond motifs is 4. The molecule has 4 aromatic heterocycles. The Hall–Kier alpha value is -2.92. The molecule has 0 bridgehead atoms. The third-order valence-corrected chi connectivity index (χ3v) is 10.5. The average molecular weight is 727 g/mol. The summed E-state index contributed by atoms with van der Waals surface area (Å²) in [6, 6.07) is 0. The lowest BCUT2D eigenvalue weighted by atomic mass is 10.1. The largest absolute Gasteiger partial charge is 0.386 e. The first-order valence-electron chi connectivity index (χ1n) is 13.1. The van der Waals surface area contributed by atoms with E-state index >= 15 is 8.78 Å². The van der Waals surface area contributed by atoms with Gasteiger partial charge in [-0.25, -0.2) is 27.9 Å². The zero-order valence-corrected chi connectivity index (χ0v) is 26.2. The number of alkyl halides is 2. The van der Waals surface area contributed by atoms with Gasteiger partial charge in [0, 0.05) is 0 Å². The van der Waals surface area contributed by atoms with Gasteiger partial charge in [0.15, 0.2) is 47.1 Å². The highest BCUT2D eigenvalue weighted by Crippen LogP contribution is 2.60. The topological polar surface area (TPSA) is 269 Å². The quantitative estimate of drug-likeness (QED) is 0.123. The summed E-state index contributed by atoms with van der Waals surface area (Å²) < 4.78 is 93.9. The summed E-state index contributed by atoms with van der Waals surface area (Å²) >= 11 is 7.90. The number of nitrogens with zero attached hydrogens (tertiary/aromatic N) is 6. The third-order valence-electron chi connectivity index (χ3n) is 7.30. The summed E-state index contributed by atoms with van der Waals surface area (Å²) in [4.78, 5) is 44.7. The van der Waals surface area contributed by atoms with E-state index in [1.165, 1.54) is 0 Å². The van der Waals surface area contributed by atoms with E-state index in [2.05, 4.69) is 54.4 Å². The van der Waals surface area contributed by atoms with Crippen molar-refractivity contribution in [2.75, 3.05) is 24.7 Å². The average Bonchev–Trinajstić information content (AvgIpc) is 3.72. The molecule has 46 heavy (non-hydrogen) atoms. The summed E-state index contributed by atoms with van der Waals surface area (Å²) in [6.07, 6.45) is -11.7. The standard InChI is InChI=1S/C20H22F2N10O10P2S2/c21-7-11-5(39-17(7)31-3-25-9-13(31)27-19(23)29-15(9)33)1-37-43(35,45)42-12-6(2-38-44(36,46)41-11)40-18(8(12)22)32-4-26-10-14(32)28-20(24)30-16(10)34/h3-8,11-12,17-18H,1-2H2,(H,35,45)(H,36,46)(H3,23,27,29,33)(H3,24,28,30,34)/t5-,6-,7-,8-,11-,12-,17-,18-,43-,44+/m1/s1. The van der Waals surface area contributed by atoms with Crippen molar-refractivity contribution in [3.8, 4) is 0 Å². The first-order chi connectivity index (χ1) is 21.7. The Labute approximate surface area is 263 Å². The zero-order valence-electron chi connectivity index (χ0n) is 22.7. The fourth-order valence-corrected chi connectivity index (χ4v) is 8.28. The van der Waals surface area contributed by atoms with Crippen LogP contribution >= 0.6 is 38.1 Å². The minimum atomic E-state index is -4.48. The second kappa shape index (κ2) is 11.4. The number of hydrogen-bond acceptors (Lipinski definition) is 16. The smallest absolute Gasteiger partial charge is 0.369 e. The maximum absolute atomic E-state index is 16.0. The summed E-state index contributed by atoms with van der Waals surface area (Å²) in [6.45, 7) is -10.4. The van der Waals surface area contributed by atoms with E-state index in [0.29, 0.717) is 0 Å². The van der Waals surface area contributed by atoms with Gasteiger partial charge in [-0.1, -0.05) is 24.5 Å². The molecule has 7 rings (SSSR count). The van der Waals surface area contributed by atoms with E-state index in [1.807, 2.05) is 0 Å². The number of aromatic nitrogens is 8. The third kappa shape index (κ3) is 5.55. The van der Waals surface area contributed by atoms with Crippen LogP contribution in [0.25, 0.3) is 22.3 Å². The first kappa shape index (κ1) is 31.7. The van der Waals surface area contributed by atoms with Gasteiger partial charge in [-0.2, -0.15) is 9.97 Å². The van der Waals surface area contributed by atoms with Gasteiger partial charge >= 0.3 is 13.6 Å². The van der Waals surface area contributed by atoms with Gasteiger partial charge in [0.05, 0.1) is 25.9 Å². The molecule has 3 aliphatic rings. The SMILES string of the molecule is Nc1nc2c(ncn2[C@@H]2O[C@@H]3CO[P@@](=O)(S)O[C@H]4[C@@H](F)[C@H](n5cnc6c(=O)[nH]c(N)nc65)O[C@@H]4CO[P@](=O)(S)O[C@H]3[C@H]2F)c(=O)[nH]1. The Morgan fingerprint density at radius 1 is 0.783 bits per heavy atom. The van der Waals surface area contributed by atoms with Crippen LogP contribution in [-0.2, 0) is 36.7 Å². The van der Waals surface area contributed by atoms with E-state index < -0.39 is 87.1 Å². The van der Waals surface area contributed by atoms with Crippen molar-refractivity contribution in [1.29, 1.82) is 0 Å². The van der Waals surface area contributed by atoms with Crippen molar-refractivity contribution in [2.45, 2.75) is 49.2 Å². The number of halogens is 2. The van der Waals surface area contributed by atoms with E-state index in [0.717, 1.165) is 21.8 Å². The summed E-state index contributed by atoms with van der Waals surface area (Å²) in [5.74, 6) is -0.562. The van der Waals surface area contributed by atoms with E-state index in [9.17, 15) is 18.7 Å². The lowest BCUT2D eigenvalue weighted by molar-refractivity contribution is -0.0544. The van der Waals surface area contributed by atoms with Crippen LogP contribution < -0.4 is 22.6 Å². The molecule has 3 fully saturated rings. The molecule has 7 heterocycles. The van der Waals surface area contributed by atoms with Crippen LogP contribution in [0.3, 0.4) is 0 Å². The van der Waals surface area contributed by atoms with E-state index in [-0.39, 0.29) is 34.2 Å². The molecule has 0 aliphatic carbocycles. The molecule has 0 aromatic carbocycles. The number of imidazole rings is 2. The second-order valence-corrected chi connectivity index (χ2v) is 16.0. The van der Waals surface area contributed by atoms with Gasteiger partial charge in [0.25, 0.3) is 11.1 Å². The van der Waals surface area contributed by atoms with Gasteiger partial charge < -0.3 is 20.9 Å². The van der Waals surface area contributed by atoms with Gasteiger partial charge in [-0.3, -0.25) is 46.8 Å². The molecule has 0 radical (unpaired) electrons. The number of rotatable bonds is 2. The minimum absolute atomic E-state index is 0.137. The minimum Gasteiger partial charge on any atom is -0.369 e. The summed E-state index contributed by atoms with van der Waals surface area (Å²) in [7, 11) is 0. The second-order valence-electron chi connectivity index (χ2n) is 10.2. The van der Waals surface area contributed by atoms with Gasteiger partial charge in [0.1, 0.15) is 24.4 Å². The summed E-state index contributed by atoms with van der Waals surface area (Å²) in [5.41, 5.74) is 9.24. The highest BCUT2D eigenvalue weighted by atomic mass is 32.7. The summed E-state index contributed by atoms with van der Waals surface area (Å²) in [5, 5.41) is 0. The molecular formula is C20H22F2N10O10P2S2. The molecule has 0 unspecified atom stereocenters. The number of ether oxygens (including phenoxy) is 2. The molecule has 4 aromatic rings.